The molecule has 2 aromatic carbocycles. The first kappa shape index (κ1) is 15.0. The van der Waals surface area contributed by atoms with Gasteiger partial charge in [0.15, 0.2) is 0 Å². The molecule has 0 spiro atoms. The lowest BCUT2D eigenvalue weighted by molar-refractivity contribution is -0.384. The van der Waals surface area contributed by atoms with Crippen LogP contribution in [0.3, 0.4) is 0 Å². The van der Waals surface area contributed by atoms with Crippen molar-refractivity contribution in [3.63, 3.8) is 0 Å². The summed E-state index contributed by atoms with van der Waals surface area (Å²) in [5, 5.41) is 10.8. The molecule has 5 heteroatoms. The third-order valence-corrected chi connectivity index (χ3v) is 4.82. The number of benzene rings is 2. The second kappa shape index (κ2) is 5.53. The molecule has 2 heterocycles. The molecule has 122 valence electrons. The van der Waals surface area contributed by atoms with Gasteiger partial charge in [0.1, 0.15) is 6.17 Å². The second-order valence-corrected chi connectivity index (χ2v) is 6.72. The Hall–Kier alpha value is -2.53. The number of hydrogen-bond donors (Lipinski definition) is 0. The number of nitrogens with zero attached hydrogens (tertiary/aromatic N) is 3. The molecule has 1 fully saturated rings. The first-order chi connectivity index (χ1) is 11.6. The van der Waals surface area contributed by atoms with E-state index in [4.69, 9.17) is 4.99 Å². The van der Waals surface area contributed by atoms with Gasteiger partial charge in [0.2, 0.25) is 0 Å². The Balaban J connectivity index is 1.66. The maximum Gasteiger partial charge on any atom is 0.269 e. The molecule has 0 aromatic heterocycles. The first-order valence-corrected chi connectivity index (χ1v) is 8.23. The Bertz CT molecular complexity index is 799. The lowest BCUT2D eigenvalue weighted by Gasteiger charge is -2.17. The van der Waals surface area contributed by atoms with Gasteiger partial charge in [0, 0.05) is 12.1 Å². The molecule has 5 nitrogen and oxygen atoms in total. The Labute approximate surface area is 140 Å². The van der Waals surface area contributed by atoms with E-state index in [0.29, 0.717) is 5.92 Å². The Morgan fingerprint density at radius 1 is 1.04 bits per heavy atom. The minimum atomic E-state index is -0.356. The van der Waals surface area contributed by atoms with Crippen molar-refractivity contribution in [2.75, 3.05) is 0 Å². The van der Waals surface area contributed by atoms with E-state index in [9.17, 15) is 10.1 Å². The summed E-state index contributed by atoms with van der Waals surface area (Å²) in [4.78, 5) is 17.8. The molecule has 0 bridgehead atoms. The number of nitro benzene ring substituents is 1. The van der Waals surface area contributed by atoms with E-state index in [1.165, 1.54) is 5.56 Å². The molecule has 4 rings (SSSR count). The zero-order chi connectivity index (χ0) is 16.8. The highest BCUT2D eigenvalue weighted by molar-refractivity contribution is 6.08. The van der Waals surface area contributed by atoms with Crippen LogP contribution in [0.4, 0.5) is 5.69 Å². The zero-order valence-corrected chi connectivity index (χ0v) is 13.7. The van der Waals surface area contributed by atoms with E-state index in [0.717, 1.165) is 11.3 Å². The Kier molecular flexibility index (Phi) is 3.46. The van der Waals surface area contributed by atoms with Gasteiger partial charge < -0.3 is 0 Å². The average Bonchev–Trinajstić information content (AvgIpc) is 3.18. The van der Waals surface area contributed by atoms with Crippen molar-refractivity contribution in [3.8, 4) is 0 Å². The number of rotatable bonds is 4. The summed E-state index contributed by atoms with van der Waals surface area (Å²) in [5.74, 6) is 0.428. The molecule has 0 aliphatic carbocycles. The highest BCUT2D eigenvalue weighted by Crippen LogP contribution is 2.52. The van der Waals surface area contributed by atoms with Crippen LogP contribution < -0.4 is 0 Å². The summed E-state index contributed by atoms with van der Waals surface area (Å²) in [6.45, 7) is 4.37. The van der Waals surface area contributed by atoms with Crippen LogP contribution in [-0.2, 0) is 0 Å². The number of hydrogen-bond acceptors (Lipinski definition) is 4. The smallest absolute Gasteiger partial charge is 0.268 e. The fourth-order valence-electron chi connectivity index (χ4n) is 3.65. The molecular formula is C19H19N3O2. The number of nitro groups is 1. The van der Waals surface area contributed by atoms with E-state index < -0.39 is 0 Å². The van der Waals surface area contributed by atoms with Crippen LogP contribution in [0.2, 0.25) is 0 Å². The van der Waals surface area contributed by atoms with Crippen molar-refractivity contribution in [2.45, 2.75) is 32.1 Å². The summed E-state index contributed by atoms with van der Waals surface area (Å²) >= 11 is 0. The van der Waals surface area contributed by atoms with Crippen LogP contribution in [0.1, 0.15) is 31.0 Å². The molecule has 0 N–H and O–H groups in total. The Morgan fingerprint density at radius 2 is 1.71 bits per heavy atom. The normalized spacial score (nSPS) is 27.7. The van der Waals surface area contributed by atoms with Gasteiger partial charge in [-0.2, -0.15) is 0 Å². The van der Waals surface area contributed by atoms with Crippen LogP contribution in [0.15, 0.2) is 59.6 Å². The number of non-ortho nitro benzene ring substituents is 1. The van der Waals surface area contributed by atoms with Crippen molar-refractivity contribution < 1.29 is 4.92 Å². The van der Waals surface area contributed by atoms with Crippen molar-refractivity contribution in [3.05, 3.63) is 75.8 Å². The molecule has 4 unspecified atom stereocenters. The standard InChI is InChI=1S/C19H19N3O2/c1-12(2)19-20-16(13-6-4-3-5-7-13)18-17(21(18)19)14-8-10-15(11-9-14)22(23)24/h3-12,17-19H,1-2H3. The average molecular weight is 321 g/mol. The SMILES string of the molecule is CC(C)C1N=C(c2ccccc2)C2C(c3ccc([N+](=O)[O-])cc3)N12. The lowest BCUT2D eigenvalue weighted by Crippen LogP contribution is -2.21. The van der Waals surface area contributed by atoms with E-state index in [1.54, 1.807) is 12.1 Å². The summed E-state index contributed by atoms with van der Waals surface area (Å²) in [6.07, 6.45) is 0.172. The van der Waals surface area contributed by atoms with Crippen LogP contribution in [0, 0.1) is 16.0 Å². The predicted octanol–water partition coefficient (Wildman–Crippen LogP) is 3.81. The molecule has 0 saturated carbocycles. The third kappa shape index (κ3) is 2.32. The summed E-state index contributed by atoms with van der Waals surface area (Å²) in [5.41, 5.74) is 3.56. The number of aliphatic imine (C=N–C) groups is 1. The van der Waals surface area contributed by atoms with Crippen LogP contribution in [-0.4, -0.2) is 27.7 Å². The molecule has 2 aliphatic rings. The quantitative estimate of drug-likeness (QED) is 0.489. The molecule has 1 saturated heterocycles. The van der Waals surface area contributed by atoms with Gasteiger partial charge >= 0.3 is 0 Å². The van der Waals surface area contributed by atoms with Crippen molar-refractivity contribution in [1.82, 2.24) is 4.90 Å². The van der Waals surface area contributed by atoms with Crippen LogP contribution >= 0.6 is 0 Å². The molecule has 4 atom stereocenters. The van der Waals surface area contributed by atoms with Gasteiger partial charge in [0.05, 0.1) is 22.7 Å². The monoisotopic (exact) mass is 321 g/mol. The molecular weight excluding hydrogens is 302 g/mol. The van der Waals surface area contributed by atoms with Crippen molar-refractivity contribution in [1.29, 1.82) is 0 Å². The predicted molar refractivity (Wildman–Crippen MR) is 93.1 cm³/mol. The van der Waals surface area contributed by atoms with E-state index >= 15 is 0 Å². The Morgan fingerprint density at radius 3 is 2.29 bits per heavy atom. The highest BCUT2D eigenvalue weighted by atomic mass is 16.6. The van der Waals surface area contributed by atoms with Gasteiger partial charge in [-0.25, -0.2) is 0 Å². The lowest BCUT2D eigenvalue weighted by atomic mass is 10.0. The van der Waals surface area contributed by atoms with Gasteiger partial charge in [0.25, 0.3) is 5.69 Å². The highest BCUT2D eigenvalue weighted by Gasteiger charge is 2.59. The van der Waals surface area contributed by atoms with Gasteiger partial charge in [-0.05, 0) is 17.0 Å². The minimum absolute atomic E-state index is 0.136. The molecule has 0 amide bonds. The van der Waals surface area contributed by atoms with Gasteiger partial charge in [-0.3, -0.25) is 20.0 Å². The molecule has 2 aromatic rings. The van der Waals surface area contributed by atoms with E-state index in [2.05, 4.69) is 30.9 Å². The second-order valence-electron chi connectivity index (χ2n) is 6.72. The molecule has 0 radical (unpaired) electrons. The topological polar surface area (TPSA) is 58.5 Å². The maximum atomic E-state index is 10.8. The number of fused-ring (bicyclic) bond motifs is 1. The largest absolute Gasteiger partial charge is 0.269 e. The van der Waals surface area contributed by atoms with E-state index in [1.807, 2.05) is 30.3 Å². The van der Waals surface area contributed by atoms with Gasteiger partial charge in [-0.15, -0.1) is 0 Å². The summed E-state index contributed by atoms with van der Waals surface area (Å²) in [6, 6.07) is 17.8. The first-order valence-electron chi connectivity index (χ1n) is 8.23. The zero-order valence-electron chi connectivity index (χ0n) is 13.7. The van der Waals surface area contributed by atoms with Crippen LogP contribution in [0.5, 0.6) is 0 Å². The van der Waals surface area contributed by atoms with Crippen molar-refractivity contribution >= 4 is 11.4 Å². The fraction of sp³-hybridized carbons (Fsp3) is 0.316. The van der Waals surface area contributed by atoms with E-state index in [-0.39, 0.29) is 28.9 Å². The van der Waals surface area contributed by atoms with Crippen molar-refractivity contribution in [2.24, 2.45) is 10.9 Å². The third-order valence-electron chi connectivity index (χ3n) is 4.82. The fourth-order valence-corrected chi connectivity index (χ4v) is 3.65. The van der Waals surface area contributed by atoms with Gasteiger partial charge in [-0.1, -0.05) is 56.3 Å². The van der Waals surface area contributed by atoms with Crippen LogP contribution in [0.25, 0.3) is 0 Å². The molecule has 2 aliphatic heterocycles. The summed E-state index contributed by atoms with van der Waals surface area (Å²) in [7, 11) is 0. The maximum absolute atomic E-state index is 10.8. The minimum Gasteiger partial charge on any atom is -0.268 e. The summed E-state index contributed by atoms with van der Waals surface area (Å²) < 4.78 is 0. The molecule has 24 heavy (non-hydrogen) atoms.